The van der Waals surface area contributed by atoms with Gasteiger partial charge in [0.15, 0.2) is 0 Å². The number of piperazine rings is 2. The van der Waals surface area contributed by atoms with Crippen molar-refractivity contribution in [3.05, 3.63) is 24.3 Å². The van der Waals surface area contributed by atoms with Crippen LogP contribution < -0.4 is 29.1 Å². The number of rotatable bonds is 10. The average Bonchev–Trinajstić information content (AvgIpc) is 2.75. The third-order valence-corrected chi connectivity index (χ3v) is 6.38. The molecule has 2 saturated heterocycles. The summed E-state index contributed by atoms with van der Waals surface area (Å²) in [5.74, 6) is 1.45. The Morgan fingerprint density at radius 3 is 1.33 bits per heavy atom. The molecule has 170 valence electrons. The molecule has 1 aromatic rings. The predicted octanol–water partition coefficient (Wildman–Crippen LogP) is -6.01. The topological polar surface area (TPSA) is 76.7 Å². The lowest BCUT2D eigenvalue weighted by Crippen LogP contribution is -3.27. The normalized spacial score (nSPS) is 29.2. The highest BCUT2D eigenvalue weighted by molar-refractivity contribution is 5.31. The first-order valence-corrected chi connectivity index (χ1v) is 11.5. The number of aliphatic hydroxyl groups is 2. The van der Waals surface area contributed by atoms with Crippen LogP contribution in [0.1, 0.15) is 0 Å². The van der Waals surface area contributed by atoms with Gasteiger partial charge in [-0.1, -0.05) is 0 Å². The van der Waals surface area contributed by atoms with Crippen molar-refractivity contribution < 1.29 is 39.3 Å². The van der Waals surface area contributed by atoms with Crippen molar-refractivity contribution in [3.63, 3.8) is 0 Å². The Labute approximate surface area is 180 Å². The molecule has 6 N–H and O–H groups in total. The molecule has 8 heteroatoms. The monoisotopic (exact) mass is 426 g/mol. The van der Waals surface area contributed by atoms with E-state index in [-0.39, 0.29) is 0 Å². The van der Waals surface area contributed by atoms with E-state index in [2.05, 4.69) is 14.1 Å². The summed E-state index contributed by atoms with van der Waals surface area (Å²) in [4.78, 5) is 6.05. The molecule has 0 spiro atoms. The van der Waals surface area contributed by atoms with Crippen molar-refractivity contribution in [2.24, 2.45) is 0 Å². The van der Waals surface area contributed by atoms with Crippen LogP contribution in [-0.4, -0.2) is 115 Å². The third-order valence-electron chi connectivity index (χ3n) is 6.38. The smallest absolute Gasteiger partial charge is 0.137 e. The highest BCUT2D eigenvalue weighted by Crippen LogP contribution is 2.17. The highest BCUT2D eigenvalue weighted by Gasteiger charge is 2.24. The van der Waals surface area contributed by atoms with E-state index in [1.54, 1.807) is 9.80 Å². The number of benzene rings is 1. The first kappa shape index (κ1) is 23.2. The molecule has 2 aliphatic heterocycles. The fourth-order valence-electron chi connectivity index (χ4n) is 4.27. The number of nitrogens with one attached hydrogen (secondary N) is 4. The number of hydrogen-bond donors (Lipinski definition) is 6. The first-order chi connectivity index (χ1) is 14.5. The second-order valence-corrected chi connectivity index (χ2v) is 9.22. The van der Waals surface area contributed by atoms with Crippen LogP contribution in [0.25, 0.3) is 0 Å². The Morgan fingerprint density at radius 2 is 1.00 bits per heavy atom. The van der Waals surface area contributed by atoms with E-state index < -0.39 is 12.2 Å². The van der Waals surface area contributed by atoms with E-state index in [1.807, 2.05) is 24.3 Å². The Kier molecular flexibility index (Phi) is 9.17. The Morgan fingerprint density at radius 1 is 0.667 bits per heavy atom. The maximum absolute atomic E-state index is 10.3. The van der Waals surface area contributed by atoms with E-state index >= 15 is 0 Å². The van der Waals surface area contributed by atoms with Crippen molar-refractivity contribution in [1.29, 1.82) is 0 Å². The summed E-state index contributed by atoms with van der Waals surface area (Å²) in [6.07, 6.45) is -0.911. The van der Waals surface area contributed by atoms with Crippen LogP contribution in [0.4, 0.5) is 0 Å². The molecule has 0 radical (unpaired) electrons. The second kappa shape index (κ2) is 11.8. The van der Waals surface area contributed by atoms with Crippen LogP contribution in [0.5, 0.6) is 11.5 Å². The van der Waals surface area contributed by atoms with E-state index in [4.69, 9.17) is 9.47 Å². The summed E-state index contributed by atoms with van der Waals surface area (Å²) in [5.41, 5.74) is 0. The summed E-state index contributed by atoms with van der Waals surface area (Å²) in [6.45, 7) is 11.2. The lowest BCUT2D eigenvalue weighted by molar-refractivity contribution is -1.00. The van der Waals surface area contributed by atoms with Crippen LogP contribution in [-0.2, 0) is 0 Å². The molecule has 1 aromatic carbocycles. The third kappa shape index (κ3) is 8.02. The van der Waals surface area contributed by atoms with Gasteiger partial charge in [0, 0.05) is 0 Å². The molecule has 0 saturated carbocycles. The molecule has 0 aliphatic carbocycles. The van der Waals surface area contributed by atoms with E-state index in [1.165, 1.54) is 9.80 Å². The van der Waals surface area contributed by atoms with Gasteiger partial charge >= 0.3 is 0 Å². The lowest BCUT2D eigenvalue weighted by Gasteiger charge is -2.28. The fourth-order valence-corrected chi connectivity index (χ4v) is 4.27. The van der Waals surface area contributed by atoms with Crippen LogP contribution in [0.2, 0.25) is 0 Å². The molecular formula is C22H42N4O4+4. The van der Waals surface area contributed by atoms with Crippen LogP contribution in [0.3, 0.4) is 0 Å². The van der Waals surface area contributed by atoms with Gasteiger partial charge in [0.1, 0.15) is 102 Å². The van der Waals surface area contributed by atoms with Crippen LogP contribution in [0.15, 0.2) is 24.3 Å². The molecule has 8 nitrogen and oxygen atoms in total. The molecule has 2 atom stereocenters. The highest BCUT2D eigenvalue weighted by atomic mass is 16.5. The number of ether oxygens (including phenoxy) is 2. The molecule has 2 heterocycles. The summed E-state index contributed by atoms with van der Waals surface area (Å²) < 4.78 is 11.5. The van der Waals surface area contributed by atoms with Gasteiger partial charge in [0.2, 0.25) is 0 Å². The second-order valence-electron chi connectivity index (χ2n) is 9.22. The number of aliphatic hydroxyl groups excluding tert-OH is 2. The minimum Gasteiger partial charge on any atom is -0.491 e. The van der Waals surface area contributed by atoms with Crippen molar-refractivity contribution in [3.8, 4) is 11.5 Å². The zero-order valence-corrected chi connectivity index (χ0v) is 18.7. The van der Waals surface area contributed by atoms with Gasteiger partial charge in [0.25, 0.3) is 0 Å². The Bertz CT molecular complexity index is 549. The fraction of sp³-hybridized carbons (Fsp3) is 0.727. The maximum Gasteiger partial charge on any atom is 0.137 e. The standard InChI is InChI=1S/C22H38N4O4/c1-23-7-11-25(12-8-23)15-19(27)17-29-21-3-5-22(6-4-21)30-18-20(28)16-26-13-9-24(2)10-14-26/h3-6,19-20,27-28H,7-18H2,1-2H3/p+4/t19-,20-/m0/s1. The van der Waals surface area contributed by atoms with E-state index in [9.17, 15) is 10.2 Å². The molecule has 0 aromatic heterocycles. The molecule has 2 fully saturated rings. The van der Waals surface area contributed by atoms with Gasteiger partial charge in [0.05, 0.1) is 14.1 Å². The van der Waals surface area contributed by atoms with Gasteiger partial charge < -0.3 is 39.3 Å². The lowest BCUT2D eigenvalue weighted by atomic mass is 10.2. The van der Waals surface area contributed by atoms with Gasteiger partial charge in [-0.3, -0.25) is 0 Å². The van der Waals surface area contributed by atoms with Gasteiger partial charge in [-0.15, -0.1) is 0 Å². The molecule has 0 unspecified atom stereocenters. The van der Waals surface area contributed by atoms with Crippen LogP contribution in [0, 0.1) is 0 Å². The molecular weight excluding hydrogens is 384 g/mol. The van der Waals surface area contributed by atoms with E-state index in [0.29, 0.717) is 13.2 Å². The number of hydrogen-bond acceptors (Lipinski definition) is 4. The van der Waals surface area contributed by atoms with Crippen molar-refractivity contribution in [2.45, 2.75) is 12.2 Å². The maximum atomic E-state index is 10.3. The molecule has 0 amide bonds. The Hall–Kier alpha value is -1.42. The van der Waals surface area contributed by atoms with Crippen LogP contribution >= 0.6 is 0 Å². The predicted molar refractivity (Wildman–Crippen MR) is 114 cm³/mol. The minimum atomic E-state index is -0.455. The first-order valence-electron chi connectivity index (χ1n) is 11.5. The summed E-state index contributed by atoms with van der Waals surface area (Å²) in [7, 11) is 4.44. The van der Waals surface area contributed by atoms with Crippen molar-refractivity contribution in [2.75, 3.05) is 92.8 Å². The van der Waals surface area contributed by atoms with Gasteiger partial charge in [-0.2, -0.15) is 0 Å². The van der Waals surface area contributed by atoms with Crippen molar-refractivity contribution in [1.82, 2.24) is 0 Å². The molecule has 0 bridgehead atoms. The molecule has 3 rings (SSSR count). The van der Waals surface area contributed by atoms with Gasteiger partial charge in [-0.05, 0) is 24.3 Å². The average molecular weight is 427 g/mol. The van der Waals surface area contributed by atoms with Gasteiger partial charge in [-0.25, -0.2) is 0 Å². The summed E-state index contributed by atoms with van der Waals surface area (Å²) in [6, 6.07) is 7.42. The molecule has 30 heavy (non-hydrogen) atoms. The van der Waals surface area contributed by atoms with E-state index in [0.717, 1.165) is 76.9 Å². The quantitative estimate of drug-likeness (QED) is 0.225. The summed E-state index contributed by atoms with van der Waals surface area (Å²) >= 11 is 0. The number of quaternary nitrogens is 4. The molecule has 2 aliphatic rings. The zero-order chi connectivity index (χ0) is 21.3. The SMILES string of the molecule is C[NH+]1CC[NH+](C[C@H](O)COc2ccc(OC[C@@H](O)C[NH+]3CC[NH+](C)CC3)cc2)CC1. The number of likely N-dealkylation sites (N-methyl/N-ethyl adjacent to an activating group) is 2. The summed E-state index contributed by atoms with van der Waals surface area (Å²) in [5, 5.41) is 20.5. The Balaban J connectivity index is 1.31. The largest absolute Gasteiger partial charge is 0.491 e. The van der Waals surface area contributed by atoms with Crippen molar-refractivity contribution >= 4 is 0 Å². The zero-order valence-electron chi connectivity index (χ0n) is 18.7. The minimum absolute atomic E-state index is 0.306.